The number of aryl methyl sites for hydroxylation is 3. The molecule has 1 unspecified atom stereocenters. The Hall–Kier alpha value is -4.40. The summed E-state index contributed by atoms with van der Waals surface area (Å²) in [5.41, 5.74) is 4.09. The highest BCUT2D eigenvalue weighted by Gasteiger charge is 2.30. The first-order valence-corrected chi connectivity index (χ1v) is 11.7. The van der Waals surface area contributed by atoms with Crippen molar-refractivity contribution in [2.75, 3.05) is 18.5 Å². The Morgan fingerprint density at radius 1 is 1.11 bits per heavy atom. The minimum Gasteiger partial charge on any atom is -0.485 e. The zero-order valence-corrected chi connectivity index (χ0v) is 20.5. The number of hydrogen-bond acceptors (Lipinski definition) is 7. The van der Waals surface area contributed by atoms with E-state index < -0.39 is 18.0 Å². The number of nitrogens with one attached hydrogen (secondary N) is 1. The molecule has 9 nitrogen and oxygen atoms in total. The summed E-state index contributed by atoms with van der Waals surface area (Å²) in [5.74, 6) is 0.567. The Morgan fingerprint density at radius 3 is 2.67 bits per heavy atom. The number of ether oxygens (including phenoxy) is 3. The molecule has 1 amide bonds. The summed E-state index contributed by atoms with van der Waals surface area (Å²) in [6.07, 6.45) is 0.444. The van der Waals surface area contributed by atoms with Crippen LogP contribution in [-0.2, 0) is 9.53 Å². The average Bonchev–Trinajstić information content (AvgIpc) is 3.28. The minimum absolute atomic E-state index is 0.0254. The Morgan fingerprint density at radius 2 is 1.89 bits per heavy atom. The van der Waals surface area contributed by atoms with Crippen LogP contribution in [0.25, 0.3) is 16.7 Å². The van der Waals surface area contributed by atoms with E-state index in [4.69, 9.17) is 19.2 Å². The molecule has 0 fully saturated rings. The van der Waals surface area contributed by atoms with Crippen LogP contribution >= 0.6 is 0 Å². The molecule has 0 radical (unpaired) electrons. The third kappa shape index (κ3) is 4.24. The smallest absolute Gasteiger partial charge is 0.343 e. The van der Waals surface area contributed by atoms with Crippen LogP contribution in [0.15, 0.2) is 48.7 Å². The maximum atomic E-state index is 13.2. The summed E-state index contributed by atoms with van der Waals surface area (Å²) < 4.78 is 18.2. The predicted octanol–water partition coefficient (Wildman–Crippen LogP) is 4.30. The number of aromatic nitrogens is 3. The van der Waals surface area contributed by atoms with Crippen LogP contribution in [0.4, 0.5) is 5.82 Å². The van der Waals surface area contributed by atoms with Gasteiger partial charge in [-0.25, -0.2) is 9.78 Å². The number of rotatable bonds is 5. The predicted molar refractivity (Wildman–Crippen MR) is 134 cm³/mol. The number of anilines is 1. The van der Waals surface area contributed by atoms with Gasteiger partial charge in [0.15, 0.2) is 23.1 Å². The lowest BCUT2D eigenvalue weighted by Gasteiger charge is -2.25. The van der Waals surface area contributed by atoms with Crippen molar-refractivity contribution in [2.24, 2.45) is 0 Å². The number of amides is 1. The van der Waals surface area contributed by atoms with E-state index in [1.54, 1.807) is 25.1 Å². The van der Waals surface area contributed by atoms with Gasteiger partial charge in [-0.2, -0.15) is 9.78 Å². The third-order valence-electron chi connectivity index (χ3n) is 5.97. The zero-order valence-electron chi connectivity index (χ0n) is 20.5. The second-order valence-electron chi connectivity index (χ2n) is 8.67. The van der Waals surface area contributed by atoms with Crippen LogP contribution in [-0.4, -0.2) is 46.0 Å². The highest BCUT2D eigenvalue weighted by Crippen LogP contribution is 2.32. The lowest BCUT2D eigenvalue weighted by molar-refractivity contribution is -0.125. The fourth-order valence-corrected chi connectivity index (χ4v) is 4.28. The molecular formula is C27H26N4O5. The minimum atomic E-state index is -0.921. The van der Waals surface area contributed by atoms with Gasteiger partial charge in [0, 0.05) is 5.39 Å². The van der Waals surface area contributed by atoms with Gasteiger partial charge in [-0.05, 0) is 63.1 Å². The highest BCUT2D eigenvalue weighted by atomic mass is 16.6. The SMILES string of the molecule is CCOC(=O)c1cnn(-c2cc(C)c3cc(C)cc(C)c3n2)c1NC(=O)C1COc2ccccc2O1. The van der Waals surface area contributed by atoms with E-state index in [0.29, 0.717) is 17.3 Å². The Labute approximate surface area is 208 Å². The molecule has 0 spiro atoms. The average molecular weight is 487 g/mol. The van der Waals surface area contributed by atoms with E-state index in [9.17, 15) is 9.59 Å². The highest BCUT2D eigenvalue weighted by molar-refractivity contribution is 6.02. The molecule has 2 aromatic carbocycles. The fourth-order valence-electron chi connectivity index (χ4n) is 4.28. The van der Waals surface area contributed by atoms with Crippen LogP contribution in [0.2, 0.25) is 0 Å². The molecule has 36 heavy (non-hydrogen) atoms. The van der Waals surface area contributed by atoms with Crippen LogP contribution in [0.5, 0.6) is 11.5 Å². The monoisotopic (exact) mass is 486 g/mol. The summed E-state index contributed by atoms with van der Waals surface area (Å²) in [7, 11) is 0. The van der Waals surface area contributed by atoms with Crippen molar-refractivity contribution in [1.29, 1.82) is 0 Å². The molecule has 0 saturated carbocycles. The van der Waals surface area contributed by atoms with E-state index in [2.05, 4.69) is 22.5 Å². The molecule has 4 aromatic rings. The Bertz CT molecular complexity index is 1490. The van der Waals surface area contributed by atoms with Crippen molar-refractivity contribution in [3.05, 3.63) is 70.9 Å². The molecule has 0 aliphatic carbocycles. The molecule has 5 rings (SSSR count). The van der Waals surface area contributed by atoms with E-state index in [1.807, 2.05) is 32.9 Å². The van der Waals surface area contributed by atoms with Crippen molar-refractivity contribution in [3.8, 4) is 17.3 Å². The van der Waals surface area contributed by atoms with Crippen LogP contribution < -0.4 is 14.8 Å². The third-order valence-corrected chi connectivity index (χ3v) is 5.97. The number of carbonyl (C=O) groups is 2. The standard InChI is InChI=1S/C27H26N4O5/c1-5-34-27(33)19-13-28-31(23-12-16(3)18-11-15(2)10-17(4)24(18)29-23)25(19)30-26(32)22-14-35-20-8-6-7-9-21(20)36-22/h6-13,22H,5,14H2,1-4H3,(H,30,32). The maximum absolute atomic E-state index is 13.2. The molecule has 9 heteroatoms. The topological polar surface area (TPSA) is 105 Å². The molecule has 3 heterocycles. The number of hydrogen-bond donors (Lipinski definition) is 1. The van der Waals surface area contributed by atoms with Gasteiger partial charge in [0.2, 0.25) is 6.10 Å². The van der Waals surface area contributed by atoms with Crippen molar-refractivity contribution in [3.63, 3.8) is 0 Å². The number of carbonyl (C=O) groups excluding carboxylic acids is 2. The summed E-state index contributed by atoms with van der Waals surface area (Å²) in [6.45, 7) is 7.95. The molecule has 1 atom stereocenters. The van der Waals surface area contributed by atoms with Gasteiger partial charge in [0.25, 0.3) is 5.91 Å². The lowest BCUT2D eigenvalue weighted by Crippen LogP contribution is -2.40. The van der Waals surface area contributed by atoms with Crippen LogP contribution in [0, 0.1) is 20.8 Å². The molecular weight excluding hydrogens is 460 g/mol. The number of fused-ring (bicyclic) bond motifs is 2. The van der Waals surface area contributed by atoms with Crippen molar-refractivity contribution in [2.45, 2.75) is 33.8 Å². The van der Waals surface area contributed by atoms with E-state index in [1.165, 1.54) is 10.9 Å². The second-order valence-corrected chi connectivity index (χ2v) is 8.67. The lowest BCUT2D eigenvalue weighted by atomic mass is 10.0. The second kappa shape index (κ2) is 9.33. The van der Waals surface area contributed by atoms with Crippen LogP contribution in [0.3, 0.4) is 0 Å². The first-order chi connectivity index (χ1) is 17.4. The number of pyridine rings is 1. The Balaban J connectivity index is 1.54. The molecule has 1 aliphatic rings. The maximum Gasteiger partial charge on any atom is 0.343 e. The van der Waals surface area contributed by atoms with Gasteiger partial charge < -0.3 is 19.5 Å². The first-order valence-electron chi connectivity index (χ1n) is 11.7. The Kier molecular flexibility index (Phi) is 6.05. The van der Waals surface area contributed by atoms with Crippen molar-refractivity contribution < 1.29 is 23.8 Å². The van der Waals surface area contributed by atoms with Crippen molar-refractivity contribution in [1.82, 2.24) is 14.8 Å². The quantitative estimate of drug-likeness (QED) is 0.419. The van der Waals surface area contributed by atoms with Crippen LogP contribution in [0.1, 0.15) is 34.0 Å². The zero-order chi connectivity index (χ0) is 25.4. The van der Waals surface area contributed by atoms with E-state index in [0.717, 1.165) is 27.6 Å². The summed E-state index contributed by atoms with van der Waals surface area (Å²) in [5, 5.41) is 8.22. The number of benzene rings is 2. The molecule has 0 saturated heterocycles. The van der Waals surface area contributed by atoms with Gasteiger partial charge in [-0.1, -0.05) is 23.8 Å². The van der Waals surface area contributed by atoms with Gasteiger partial charge >= 0.3 is 5.97 Å². The summed E-state index contributed by atoms with van der Waals surface area (Å²) >= 11 is 0. The molecule has 1 N–H and O–H groups in total. The van der Waals surface area contributed by atoms with E-state index >= 15 is 0 Å². The van der Waals surface area contributed by atoms with Gasteiger partial charge in [-0.3, -0.25) is 4.79 Å². The fraction of sp³-hybridized carbons (Fsp3) is 0.259. The van der Waals surface area contributed by atoms with Crippen molar-refractivity contribution >= 4 is 28.6 Å². The molecule has 2 aromatic heterocycles. The van der Waals surface area contributed by atoms with E-state index in [-0.39, 0.29) is 24.6 Å². The van der Waals surface area contributed by atoms with Gasteiger partial charge in [-0.15, -0.1) is 0 Å². The van der Waals surface area contributed by atoms with Gasteiger partial charge in [0.05, 0.1) is 18.3 Å². The first kappa shape index (κ1) is 23.3. The number of esters is 1. The molecule has 184 valence electrons. The molecule has 1 aliphatic heterocycles. The largest absolute Gasteiger partial charge is 0.485 e. The summed E-state index contributed by atoms with van der Waals surface area (Å²) in [4.78, 5) is 30.7. The van der Waals surface area contributed by atoms with Gasteiger partial charge in [0.1, 0.15) is 12.2 Å². The normalized spacial score (nSPS) is 14.5. The molecule has 0 bridgehead atoms. The number of para-hydroxylation sites is 2. The summed E-state index contributed by atoms with van der Waals surface area (Å²) in [6, 6.07) is 13.1. The number of nitrogens with zero attached hydrogens (tertiary/aromatic N) is 3.